The fraction of sp³-hybridized carbons (Fsp3) is 0.118. The summed E-state index contributed by atoms with van der Waals surface area (Å²) in [4.78, 5) is 27.2. The van der Waals surface area contributed by atoms with Crippen molar-refractivity contribution in [2.75, 3.05) is 5.32 Å². The van der Waals surface area contributed by atoms with Crippen molar-refractivity contribution >= 4 is 28.3 Å². The van der Waals surface area contributed by atoms with Gasteiger partial charge < -0.3 is 9.73 Å². The van der Waals surface area contributed by atoms with E-state index in [1.165, 1.54) is 13.0 Å². The number of carbonyl (C=O) groups excluding carboxylic acids is 2. The maximum atomic E-state index is 13.2. The van der Waals surface area contributed by atoms with Gasteiger partial charge >= 0.3 is 0 Å². The normalized spacial score (nSPS) is 10.6. The number of rotatable bonds is 5. The van der Waals surface area contributed by atoms with Crippen molar-refractivity contribution in [3.63, 3.8) is 0 Å². The predicted octanol–water partition coefficient (Wildman–Crippen LogP) is 3.57. The molecule has 134 valence electrons. The molecule has 0 bridgehead atoms. The third-order valence-electron chi connectivity index (χ3n) is 3.33. The van der Waals surface area contributed by atoms with E-state index in [-0.39, 0.29) is 23.1 Å². The van der Waals surface area contributed by atoms with Crippen molar-refractivity contribution in [3.8, 4) is 11.5 Å². The second-order valence-corrected chi connectivity index (χ2v) is 6.15. The minimum absolute atomic E-state index is 0.0174. The third-order valence-corrected chi connectivity index (χ3v) is 4.09. The monoisotopic (exact) mass is 377 g/mol. The van der Waals surface area contributed by atoms with Crippen molar-refractivity contribution in [2.24, 2.45) is 0 Å². The fourth-order valence-electron chi connectivity index (χ4n) is 2.07. The fourth-order valence-corrected chi connectivity index (χ4v) is 2.77. The molecule has 6 nitrogen and oxygen atoms in total. The van der Waals surface area contributed by atoms with Crippen LogP contribution in [0.25, 0.3) is 11.5 Å². The highest BCUT2D eigenvalue weighted by Gasteiger charge is 2.14. The van der Waals surface area contributed by atoms with Gasteiger partial charge in [0.05, 0.1) is 6.54 Å². The first-order valence-corrected chi connectivity index (χ1v) is 8.36. The number of halogens is 2. The van der Waals surface area contributed by atoms with Crippen LogP contribution in [0.5, 0.6) is 0 Å². The molecule has 0 saturated carbocycles. The lowest BCUT2D eigenvalue weighted by atomic mass is 10.2. The van der Waals surface area contributed by atoms with Gasteiger partial charge in [0.25, 0.3) is 5.91 Å². The van der Waals surface area contributed by atoms with Crippen LogP contribution in [-0.2, 0) is 11.3 Å². The second kappa shape index (κ2) is 7.44. The Bertz CT molecular complexity index is 968. The second-order valence-electron chi connectivity index (χ2n) is 5.30. The van der Waals surface area contributed by atoms with Gasteiger partial charge in [-0.1, -0.05) is 0 Å². The lowest BCUT2D eigenvalue weighted by Gasteiger charge is -2.02. The summed E-state index contributed by atoms with van der Waals surface area (Å²) >= 11 is 1.16. The van der Waals surface area contributed by atoms with Gasteiger partial charge in [-0.3, -0.25) is 14.9 Å². The molecule has 0 fully saturated rings. The van der Waals surface area contributed by atoms with Crippen LogP contribution in [0.2, 0.25) is 0 Å². The summed E-state index contributed by atoms with van der Waals surface area (Å²) in [7, 11) is 0. The summed E-state index contributed by atoms with van der Waals surface area (Å²) in [5.41, 5.74) is 0.487. The summed E-state index contributed by atoms with van der Waals surface area (Å²) in [5.74, 6) is -1.84. The number of nitrogens with zero attached hydrogens (tertiary/aromatic N) is 1. The summed E-state index contributed by atoms with van der Waals surface area (Å²) in [5, 5.41) is 7.11. The Kier molecular flexibility index (Phi) is 5.08. The van der Waals surface area contributed by atoms with Crippen molar-refractivity contribution < 1.29 is 22.8 Å². The zero-order valence-corrected chi connectivity index (χ0v) is 14.3. The summed E-state index contributed by atoms with van der Waals surface area (Å²) in [6.45, 7) is 1.67. The topological polar surface area (TPSA) is 84.2 Å². The van der Waals surface area contributed by atoms with Crippen molar-refractivity contribution in [1.29, 1.82) is 0 Å². The highest BCUT2D eigenvalue weighted by atomic mass is 32.1. The highest BCUT2D eigenvalue weighted by Crippen LogP contribution is 2.27. The first kappa shape index (κ1) is 17.7. The Morgan fingerprint density at radius 3 is 2.73 bits per heavy atom. The molecule has 0 spiro atoms. The molecule has 0 atom stereocenters. The Morgan fingerprint density at radius 2 is 2.00 bits per heavy atom. The summed E-state index contributed by atoms with van der Waals surface area (Å²) in [6, 6.07) is 6.30. The molecular formula is C17H13F2N3O3S. The van der Waals surface area contributed by atoms with E-state index in [4.69, 9.17) is 4.42 Å². The molecular weight excluding hydrogens is 364 g/mol. The molecule has 0 radical (unpaired) electrons. The number of aromatic nitrogens is 1. The van der Waals surface area contributed by atoms with E-state index in [1.54, 1.807) is 17.5 Å². The molecule has 2 N–H and O–H groups in total. The molecule has 1 aromatic carbocycles. The number of thiazole rings is 1. The number of hydrogen-bond acceptors (Lipinski definition) is 5. The SMILES string of the molecule is CC(=O)NCc1ccc(-c2csc(NC(=O)c3ccc(F)c(F)c3)n2)o1. The Balaban J connectivity index is 1.68. The van der Waals surface area contributed by atoms with Gasteiger partial charge in [0.2, 0.25) is 5.91 Å². The first-order valence-electron chi connectivity index (χ1n) is 7.48. The molecule has 9 heteroatoms. The molecule has 3 rings (SSSR count). The maximum absolute atomic E-state index is 13.2. The number of benzene rings is 1. The van der Waals surface area contributed by atoms with E-state index in [9.17, 15) is 18.4 Å². The van der Waals surface area contributed by atoms with E-state index in [0.29, 0.717) is 17.2 Å². The standard InChI is InChI=1S/C17H13F2N3O3S/c1-9(23)20-7-11-3-5-15(25-11)14-8-26-17(21-14)22-16(24)10-2-4-12(18)13(19)6-10/h2-6,8H,7H2,1H3,(H,20,23)(H,21,22,24). The molecule has 0 aliphatic rings. The maximum Gasteiger partial charge on any atom is 0.257 e. The number of furan rings is 1. The Hall–Kier alpha value is -3.07. The predicted molar refractivity (Wildman–Crippen MR) is 91.6 cm³/mol. The highest BCUT2D eigenvalue weighted by molar-refractivity contribution is 7.14. The third kappa shape index (κ3) is 4.12. The van der Waals surface area contributed by atoms with Gasteiger partial charge in [-0.25, -0.2) is 13.8 Å². The molecule has 0 aliphatic heterocycles. The van der Waals surface area contributed by atoms with Gasteiger partial charge in [-0.05, 0) is 30.3 Å². The minimum atomic E-state index is -1.10. The average molecular weight is 377 g/mol. The van der Waals surface area contributed by atoms with E-state index in [0.717, 1.165) is 23.5 Å². The molecule has 2 amide bonds. The van der Waals surface area contributed by atoms with Crippen molar-refractivity contribution in [3.05, 3.63) is 58.7 Å². The zero-order valence-electron chi connectivity index (χ0n) is 13.5. The van der Waals surface area contributed by atoms with E-state index in [1.807, 2.05) is 0 Å². The van der Waals surface area contributed by atoms with E-state index >= 15 is 0 Å². The van der Waals surface area contributed by atoms with Crippen LogP contribution >= 0.6 is 11.3 Å². The molecule has 2 aromatic heterocycles. The van der Waals surface area contributed by atoms with E-state index in [2.05, 4.69) is 15.6 Å². The van der Waals surface area contributed by atoms with Crippen molar-refractivity contribution in [1.82, 2.24) is 10.3 Å². The number of hydrogen-bond donors (Lipinski definition) is 2. The van der Waals surface area contributed by atoms with Gasteiger partial charge in [0.15, 0.2) is 22.5 Å². The van der Waals surface area contributed by atoms with Crippen molar-refractivity contribution in [2.45, 2.75) is 13.5 Å². The van der Waals surface area contributed by atoms with Crippen LogP contribution in [0.3, 0.4) is 0 Å². The van der Waals surface area contributed by atoms with Crippen LogP contribution in [0.4, 0.5) is 13.9 Å². The molecule has 0 saturated heterocycles. The number of anilines is 1. The lowest BCUT2D eigenvalue weighted by Crippen LogP contribution is -2.18. The summed E-state index contributed by atoms with van der Waals surface area (Å²) in [6.07, 6.45) is 0. The molecule has 0 unspecified atom stereocenters. The van der Waals surface area contributed by atoms with Gasteiger partial charge in [0, 0.05) is 17.9 Å². The Labute approximate surface area is 150 Å². The molecule has 26 heavy (non-hydrogen) atoms. The first-order chi connectivity index (χ1) is 12.4. The quantitative estimate of drug-likeness (QED) is 0.712. The average Bonchev–Trinajstić information content (AvgIpc) is 3.24. The van der Waals surface area contributed by atoms with Gasteiger partial charge in [-0.2, -0.15) is 0 Å². The summed E-state index contributed by atoms with van der Waals surface area (Å²) < 4.78 is 31.7. The van der Waals surface area contributed by atoms with Crippen LogP contribution in [-0.4, -0.2) is 16.8 Å². The lowest BCUT2D eigenvalue weighted by molar-refractivity contribution is -0.119. The largest absolute Gasteiger partial charge is 0.458 e. The van der Waals surface area contributed by atoms with Crippen LogP contribution in [0, 0.1) is 11.6 Å². The van der Waals surface area contributed by atoms with Gasteiger partial charge in [-0.15, -0.1) is 11.3 Å². The molecule has 3 aromatic rings. The van der Waals surface area contributed by atoms with Crippen LogP contribution < -0.4 is 10.6 Å². The number of amides is 2. The molecule has 2 heterocycles. The Morgan fingerprint density at radius 1 is 1.19 bits per heavy atom. The molecule has 0 aliphatic carbocycles. The minimum Gasteiger partial charge on any atom is -0.458 e. The number of carbonyl (C=O) groups is 2. The van der Waals surface area contributed by atoms with Crippen LogP contribution in [0.1, 0.15) is 23.0 Å². The number of nitrogens with one attached hydrogen (secondary N) is 2. The van der Waals surface area contributed by atoms with Gasteiger partial charge in [0.1, 0.15) is 11.5 Å². The zero-order chi connectivity index (χ0) is 18.7. The van der Waals surface area contributed by atoms with E-state index < -0.39 is 17.5 Å². The smallest absolute Gasteiger partial charge is 0.257 e. The van der Waals surface area contributed by atoms with Crippen LogP contribution in [0.15, 0.2) is 40.1 Å².